The molecular weight excluding hydrogens is 345 g/mol. The summed E-state index contributed by atoms with van der Waals surface area (Å²) in [6.07, 6.45) is 1.60. The lowest BCUT2D eigenvalue weighted by molar-refractivity contribution is 0.101. The van der Waals surface area contributed by atoms with Crippen molar-refractivity contribution in [3.63, 3.8) is 0 Å². The second kappa shape index (κ2) is 7.78. The molecule has 6 heteroatoms. The van der Waals surface area contributed by atoms with Crippen molar-refractivity contribution in [2.75, 3.05) is 10.6 Å². The van der Waals surface area contributed by atoms with Crippen molar-refractivity contribution in [1.82, 2.24) is 4.98 Å². The molecule has 0 saturated heterocycles. The lowest BCUT2D eigenvalue weighted by atomic mass is 10.1. The first-order valence-electron chi connectivity index (χ1n) is 8.35. The van der Waals surface area contributed by atoms with Crippen LogP contribution in [-0.4, -0.2) is 16.8 Å². The number of carbonyl (C=O) groups is 2. The zero-order chi connectivity index (χ0) is 19.4. The van der Waals surface area contributed by atoms with Gasteiger partial charge in [0, 0.05) is 17.4 Å². The first-order valence-corrected chi connectivity index (χ1v) is 8.35. The van der Waals surface area contributed by atoms with Crippen molar-refractivity contribution in [3.8, 4) is 0 Å². The zero-order valence-electron chi connectivity index (χ0n) is 14.9. The van der Waals surface area contributed by atoms with Crippen molar-refractivity contribution in [1.29, 1.82) is 0 Å². The fourth-order valence-corrected chi connectivity index (χ4v) is 2.53. The number of hydrogen-bond acceptors (Lipinski definition) is 3. The largest absolute Gasteiger partial charge is 0.322 e. The average Bonchev–Trinajstić information content (AvgIpc) is 2.65. The minimum Gasteiger partial charge on any atom is -0.322 e. The molecule has 27 heavy (non-hydrogen) atoms. The molecule has 2 amide bonds. The third kappa shape index (κ3) is 4.17. The first-order chi connectivity index (χ1) is 13.0. The number of nitrogens with zero attached hydrogens (tertiary/aromatic N) is 1. The molecule has 5 nitrogen and oxygen atoms in total. The number of benzene rings is 2. The summed E-state index contributed by atoms with van der Waals surface area (Å²) >= 11 is 0. The van der Waals surface area contributed by atoms with E-state index in [1.54, 1.807) is 43.5 Å². The van der Waals surface area contributed by atoms with E-state index in [2.05, 4.69) is 15.6 Å². The van der Waals surface area contributed by atoms with Crippen LogP contribution < -0.4 is 10.6 Å². The van der Waals surface area contributed by atoms with Crippen molar-refractivity contribution >= 4 is 23.3 Å². The van der Waals surface area contributed by atoms with Crippen molar-refractivity contribution in [2.45, 2.75) is 13.8 Å². The zero-order valence-corrected chi connectivity index (χ0v) is 14.9. The lowest BCUT2D eigenvalue weighted by Crippen LogP contribution is -2.17. The molecule has 0 aliphatic heterocycles. The molecule has 0 spiro atoms. The molecule has 1 heterocycles. The maximum absolute atomic E-state index is 13.8. The van der Waals surface area contributed by atoms with Crippen LogP contribution in [0.4, 0.5) is 15.9 Å². The van der Waals surface area contributed by atoms with Gasteiger partial charge in [-0.2, -0.15) is 0 Å². The van der Waals surface area contributed by atoms with E-state index in [1.807, 2.05) is 13.0 Å². The molecule has 0 unspecified atom stereocenters. The van der Waals surface area contributed by atoms with Gasteiger partial charge in [0.2, 0.25) is 0 Å². The van der Waals surface area contributed by atoms with Crippen LogP contribution in [0.3, 0.4) is 0 Å². The predicted octanol–water partition coefficient (Wildman–Crippen LogP) is 4.34. The van der Waals surface area contributed by atoms with Crippen LogP contribution in [0.5, 0.6) is 0 Å². The van der Waals surface area contributed by atoms with Gasteiger partial charge in [-0.1, -0.05) is 24.3 Å². The molecule has 3 aromatic rings. The topological polar surface area (TPSA) is 71.1 Å². The van der Waals surface area contributed by atoms with Gasteiger partial charge in [0.05, 0.1) is 5.56 Å². The van der Waals surface area contributed by atoms with E-state index in [0.29, 0.717) is 17.1 Å². The predicted molar refractivity (Wildman–Crippen MR) is 102 cm³/mol. The fraction of sp³-hybridized carbons (Fsp3) is 0.0952. The lowest BCUT2D eigenvalue weighted by Gasteiger charge is -2.12. The minimum atomic E-state index is -0.604. The third-order valence-corrected chi connectivity index (χ3v) is 4.11. The molecule has 0 fully saturated rings. The summed E-state index contributed by atoms with van der Waals surface area (Å²) in [7, 11) is 0. The molecule has 0 aliphatic carbocycles. The number of aryl methyl sites for hydroxylation is 2. The van der Waals surface area contributed by atoms with Crippen LogP contribution in [0.2, 0.25) is 0 Å². The molecule has 0 saturated carbocycles. The summed E-state index contributed by atoms with van der Waals surface area (Å²) in [6, 6.07) is 14.3. The Morgan fingerprint density at radius 1 is 0.889 bits per heavy atom. The van der Waals surface area contributed by atoms with Gasteiger partial charge >= 0.3 is 0 Å². The van der Waals surface area contributed by atoms with Crippen molar-refractivity contribution in [2.24, 2.45) is 0 Å². The molecule has 2 aromatic carbocycles. The number of halogens is 1. The van der Waals surface area contributed by atoms with E-state index in [0.717, 1.165) is 11.1 Å². The number of aromatic nitrogens is 1. The van der Waals surface area contributed by atoms with Gasteiger partial charge in [-0.25, -0.2) is 9.37 Å². The quantitative estimate of drug-likeness (QED) is 0.724. The molecular formula is C21H18FN3O2. The van der Waals surface area contributed by atoms with Crippen LogP contribution in [0.1, 0.15) is 31.8 Å². The molecule has 0 bridgehead atoms. The highest BCUT2D eigenvalue weighted by molar-refractivity contribution is 6.07. The van der Waals surface area contributed by atoms with E-state index in [-0.39, 0.29) is 11.5 Å². The molecule has 3 rings (SSSR count). The van der Waals surface area contributed by atoms with E-state index < -0.39 is 11.7 Å². The van der Waals surface area contributed by atoms with Crippen LogP contribution in [0.25, 0.3) is 0 Å². The van der Waals surface area contributed by atoms with E-state index >= 15 is 0 Å². The van der Waals surface area contributed by atoms with Gasteiger partial charge in [-0.15, -0.1) is 0 Å². The number of nitrogens with one attached hydrogen (secondary N) is 2. The second-order valence-electron chi connectivity index (χ2n) is 6.09. The number of rotatable bonds is 4. The van der Waals surface area contributed by atoms with Gasteiger partial charge in [-0.3, -0.25) is 9.59 Å². The average molecular weight is 363 g/mol. The smallest absolute Gasteiger partial charge is 0.258 e. The first kappa shape index (κ1) is 18.3. The Morgan fingerprint density at radius 3 is 2.41 bits per heavy atom. The molecule has 136 valence electrons. The highest BCUT2D eigenvalue weighted by Gasteiger charge is 2.14. The van der Waals surface area contributed by atoms with Crippen molar-refractivity contribution in [3.05, 3.63) is 88.9 Å². The monoisotopic (exact) mass is 363 g/mol. The van der Waals surface area contributed by atoms with Gasteiger partial charge in [0.1, 0.15) is 11.6 Å². The van der Waals surface area contributed by atoms with Crippen LogP contribution in [0, 0.1) is 19.7 Å². The summed E-state index contributed by atoms with van der Waals surface area (Å²) in [5.41, 5.74) is 2.33. The van der Waals surface area contributed by atoms with Crippen LogP contribution in [-0.2, 0) is 0 Å². The fourth-order valence-electron chi connectivity index (χ4n) is 2.53. The molecule has 0 atom stereocenters. The van der Waals surface area contributed by atoms with Gasteiger partial charge in [-0.05, 0) is 55.3 Å². The Hall–Kier alpha value is -3.54. The summed E-state index contributed by atoms with van der Waals surface area (Å²) in [5.74, 6) is -1.06. The van der Waals surface area contributed by atoms with Gasteiger partial charge in [0.15, 0.2) is 0 Å². The Morgan fingerprint density at radius 2 is 1.67 bits per heavy atom. The Balaban J connectivity index is 1.82. The maximum atomic E-state index is 13.8. The third-order valence-electron chi connectivity index (χ3n) is 4.11. The Labute approximate surface area is 156 Å². The maximum Gasteiger partial charge on any atom is 0.258 e. The van der Waals surface area contributed by atoms with Crippen LogP contribution >= 0.6 is 0 Å². The number of amides is 2. The van der Waals surface area contributed by atoms with E-state index in [9.17, 15) is 14.0 Å². The van der Waals surface area contributed by atoms with Crippen LogP contribution in [0.15, 0.2) is 60.8 Å². The minimum absolute atomic E-state index is 0.0594. The number of pyridine rings is 1. The highest BCUT2D eigenvalue weighted by atomic mass is 19.1. The number of hydrogen-bond donors (Lipinski definition) is 2. The van der Waals surface area contributed by atoms with Crippen molar-refractivity contribution < 1.29 is 14.0 Å². The number of anilines is 2. The SMILES string of the molecule is Cc1ccc(C(=O)Nc2ncccc2C)cc1NC(=O)c1ccccc1F. The second-order valence-corrected chi connectivity index (χ2v) is 6.09. The van der Waals surface area contributed by atoms with E-state index in [4.69, 9.17) is 0 Å². The summed E-state index contributed by atoms with van der Waals surface area (Å²) in [4.78, 5) is 29.0. The summed E-state index contributed by atoms with van der Waals surface area (Å²) < 4.78 is 13.8. The Kier molecular flexibility index (Phi) is 5.26. The van der Waals surface area contributed by atoms with Gasteiger partial charge < -0.3 is 10.6 Å². The molecule has 0 aliphatic rings. The number of carbonyl (C=O) groups excluding carboxylic acids is 2. The van der Waals surface area contributed by atoms with Gasteiger partial charge in [0.25, 0.3) is 11.8 Å². The Bertz CT molecular complexity index is 1020. The standard InChI is InChI=1S/C21H18FN3O2/c1-13-9-10-15(20(26)25-19-14(2)6-5-11-23-19)12-18(13)24-21(27)16-7-3-4-8-17(16)22/h3-12H,1-2H3,(H,24,27)(H,23,25,26). The molecule has 1 aromatic heterocycles. The van der Waals surface area contributed by atoms with E-state index in [1.165, 1.54) is 18.2 Å². The molecule has 0 radical (unpaired) electrons. The highest BCUT2D eigenvalue weighted by Crippen LogP contribution is 2.20. The molecule has 2 N–H and O–H groups in total. The summed E-state index contributed by atoms with van der Waals surface area (Å²) in [6.45, 7) is 3.64. The normalized spacial score (nSPS) is 10.3. The summed E-state index contributed by atoms with van der Waals surface area (Å²) in [5, 5.41) is 5.41.